The van der Waals surface area contributed by atoms with Gasteiger partial charge in [-0.2, -0.15) is 0 Å². The number of hydrogen-bond acceptors (Lipinski definition) is 3. The van der Waals surface area contributed by atoms with Crippen LogP contribution in [0.3, 0.4) is 0 Å². The second-order valence-electron chi connectivity index (χ2n) is 4.88. The van der Waals surface area contributed by atoms with Crippen molar-refractivity contribution in [2.45, 2.75) is 32.7 Å². The zero-order valence-electron chi connectivity index (χ0n) is 10.6. The zero-order chi connectivity index (χ0) is 13.3. The molecule has 1 fully saturated rings. The van der Waals surface area contributed by atoms with E-state index in [9.17, 15) is 4.79 Å². The number of piperidine rings is 1. The molecule has 2 atom stereocenters. The van der Waals surface area contributed by atoms with Crippen LogP contribution in [-0.4, -0.2) is 28.6 Å². The van der Waals surface area contributed by atoms with Crippen LogP contribution in [0.5, 0.6) is 0 Å². The van der Waals surface area contributed by atoms with Crippen molar-refractivity contribution in [3.05, 3.63) is 22.8 Å². The molecule has 0 amide bonds. The molecule has 1 aliphatic heterocycles. The van der Waals surface area contributed by atoms with E-state index in [4.69, 9.17) is 16.7 Å². The first kappa shape index (κ1) is 13.1. The van der Waals surface area contributed by atoms with Gasteiger partial charge in [0, 0.05) is 18.8 Å². The predicted octanol–water partition coefficient (Wildman–Crippen LogP) is 3.06. The Labute approximate surface area is 112 Å². The Morgan fingerprint density at radius 3 is 2.94 bits per heavy atom. The monoisotopic (exact) mass is 268 g/mol. The highest BCUT2D eigenvalue weighted by Crippen LogP contribution is 2.29. The average molecular weight is 269 g/mol. The summed E-state index contributed by atoms with van der Waals surface area (Å²) in [6, 6.07) is 1.94. The van der Waals surface area contributed by atoms with Crippen LogP contribution in [0.15, 0.2) is 12.3 Å². The quantitative estimate of drug-likeness (QED) is 0.896. The van der Waals surface area contributed by atoms with Gasteiger partial charge in [0.05, 0.1) is 10.6 Å². The van der Waals surface area contributed by atoms with Crippen molar-refractivity contribution in [1.82, 2.24) is 4.98 Å². The van der Waals surface area contributed by atoms with Gasteiger partial charge in [0.15, 0.2) is 0 Å². The minimum atomic E-state index is -1.01. The Kier molecular flexibility index (Phi) is 3.76. The van der Waals surface area contributed by atoms with Crippen LogP contribution in [0, 0.1) is 5.92 Å². The van der Waals surface area contributed by atoms with Crippen LogP contribution < -0.4 is 4.90 Å². The van der Waals surface area contributed by atoms with Crippen molar-refractivity contribution in [3.8, 4) is 0 Å². The first-order valence-electron chi connectivity index (χ1n) is 6.16. The Morgan fingerprint density at radius 2 is 2.28 bits per heavy atom. The Bertz CT molecular complexity index is 464. The van der Waals surface area contributed by atoms with Crippen molar-refractivity contribution in [3.63, 3.8) is 0 Å². The molecule has 1 N–H and O–H groups in total. The summed E-state index contributed by atoms with van der Waals surface area (Å²) in [5, 5.41) is 9.26. The van der Waals surface area contributed by atoms with Gasteiger partial charge < -0.3 is 10.0 Å². The second-order valence-corrected chi connectivity index (χ2v) is 5.29. The smallest absolute Gasteiger partial charge is 0.337 e. The number of carbonyl (C=O) groups is 1. The molecule has 98 valence electrons. The summed E-state index contributed by atoms with van der Waals surface area (Å²) in [4.78, 5) is 17.5. The van der Waals surface area contributed by atoms with Gasteiger partial charge in [0.1, 0.15) is 5.82 Å². The molecule has 4 nitrogen and oxygen atoms in total. The molecule has 0 aromatic carbocycles. The number of aromatic carboxylic acids is 1. The lowest BCUT2D eigenvalue weighted by molar-refractivity contribution is 0.0697. The van der Waals surface area contributed by atoms with Crippen molar-refractivity contribution < 1.29 is 9.90 Å². The van der Waals surface area contributed by atoms with E-state index >= 15 is 0 Å². The van der Waals surface area contributed by atoms with Gasteiger partial charge in [-0.1, -0.05) is 18.5 Å². The van der Waals surface area contributed by atoms with Crippen molar-refractivity contribution in [1.29, 1.82) is 0 Å². The summed E-state index contributed by atoms with van der Waals surface area (Å²) in [7, 11) is 0. The molecule has 18 heavy (non-hydrogen) atoms. The highest BCUT2D eigenvalue weighted by atomic mass is 35.5. The molecule has 0 aliphatic carbocycles. The van der Waals surface area contributed by atoms with E-state index in [1.165, 1.54) is 12.6 Å². The minimum absolute atomic E-state index is 0.118. The summed E-state index contributed by atoms with van der Waals surface area (Å²) in [5.41, 5.74) is 0.118. The van der Waals surface area contributed by atoms with Crippen LogP contribution in [0.1, 0.15) is 37.0 Å². The number of aromatic nitrogens is 1. The minimum Gasteiger partial charge on any atom is -0.478 e. The van der Waals surface area contributed by atoms with Crippen LogP contribution in [-0.2, 0) is 0 Å². The maximum absolute atomic E-state index is 11.1. The standard InChI is InChI=1S/C13H17ClN2O2/c1-8-4-3-5-16(9(8)2)12-6-10(13(17)18)11(14)7-15-12/h6-9H,3-5H2,1-2H3,(H,17,18). The maximum atomic E-state index is 11.1. The highest BCUT2D eigenvalue weighted by Gasteiger charge is 2.26. The Balaban J connectivity index is 2.33. The molecule has 0 radical (unpaired) electrons. The number of hydrogen-bond donors (Lipinski definition) is 1. The highest BCUT2D eigenvalue weighted by molar-refractivity contribution is 6.33. The van der Waals surface area contributed by atoms with Crippen molar-refractivity contribution in [2.24, 2.45) is 5.92 Å². The fourth-order valence-electron chi connectivity index (χ4n) is 2.41. The third-order valence-electron chi connectivity index (χ3n) is 3.74. The molecule has 1 aromatic heterocycles. The lowest BCUT2D eigenvalue weighted by Gasteiger charge is -2.38. The van der Waals surface area contributed by atoms with Crippen molar-refractivity contribution >= 4 is 23.4 Å². The first-order valence-corrected chi connectivity index (χ1v) is 6.54. The van der Waals surface area contributed by atoms with E-state index in [-0.39, 0.29) is 10.6 Å². The average Bonchev–Trinajstić information content (AvgIpc) is 2.33. The molecule has 5 heteroatoms. The number of carboxylic acid groups (broad SMARTS) is 1. The summed E-state index contributed by atoms with van der Waals surface area (Å²) < 4.78 is 0. The van der Waals surface area contributed by atoms with E-state index < -0.39 is 5.97 Å². The Hall–Kier alpha value is -1.29. The molecule has 1 aliphatic rings. The van der Waals surface area contributed by atoms with Gasteiger partial charge in [-0.3, -0.25) is 0 Å². The molecule has 2 unspecified atom stereocenters. The topological polar surface area (TPSA) is 53.4 Å². The number of pyridine rings is 1. The lowest BCUT2D eigenvalue weighted by Crippen LogP contribution is -2.43. The van der Waals surface area contributed by atoms with Crippen LogP contribution in [0.4, 0.5) is 5.82 Å². The Morgan fingerprint density at radius 1 is 1.56 bits per heavy atom. The molecule has 0 spiro atoms. The van der Waals surface area contributed by atoms with Crippen LogP contribution in [0.25, 0.3) is 0 Å². The fraction of sp³-hybridized carbons (Fsp3) is 0.538. The molecule has 0 saturated carbocycles. The number of rotatable bonds is 2. The number of anilines is 1. The van der Waals surface area contributed by atoms with E-state index in [0.717, 1.165) is 13.0 Å². The molecular formula is C13H17ClN2O2. The lowest BCUT2D eigenvalue weighted by atomic mass is 9.92. The SMILES string of the molecule is CC1CCCN(c2cc(C(=O)O)c(Cl)cn2)C1C. The van der Waals surface area contributed by atoms with E-state index in [1.807, 2.05) is 0 Å². The number of carboxylic acids is 1. The number of nitrogens with zero attached hydrogens (tertiary/aromatic N) is 2. The normalized spacial score (nSPS) is 24.1. The third kappa shape index (κ3) is 2.43. The third-order valence-corrected chi connectivity index (χ3v) is 4.04. The predicted molar refractivity (Wildman–Crippen MR) is 71.4 cm³/mol. The molecule has 2 rings (SSSR count). The molecule has 0 bridgehead atoms. The fourth-order valence-corrected chi connectivity index (χ4v) is 2.59. The second kappa shape index (κ2) is 5.14. The van der Waals surface area contributed by atoms with Gasteiger partial charge in [0.2, 0.25) is 0 Å². The van der Waals surface area contributed by atoms with Gasteiger partial charge in [-0.25, -0.2) is 9.78 Å². The van der Waals surface area contributed by atoms with Crippen molar-refractivity contribution in [2.75, 3.05) is 11.4 Å². The van der Waals surface area contributed by atoms with Gasteiger partial charge in [0.25, 0.3) is 0 Å². The molecule has 2 heterocycles. The summed E-state index contributed by atoms with van der Waals surface area (Å²) in [6.07, 6.45) is 3.74. The molecule has 1 aromatic rings. The van der Waals surface area contributed by atoms with E-state index in [1.54, 1.807) is 6.07 Å². The van der Waals surface area contributed by atoms with Crippen LogP contribution >= 0.6 is 11.6 Å². The van der Waals surface area contributed by atoms with Gasteiger partial charge >= 0.3 is 5.97 Å². The van der Waals surface area contributed by atoms with E-state index in [0.29, 0.717) is 17.8 Å². The summed E-state index contributed by atoms with van der Waals surface area (Å²) in [6.45, 7) is 5.28. The van der Waals surface area contributed by atoms with Gasteiger partial charge in [-0.05, 0) is 31.7 Å². The molecule has 1 saturated heterocycles. The summed E-state index contributed by atoms with van der Waals surface area (Å²) >= 11 is 5.83. The number of halogens is 1. The van der Waals surface area contributed by atoms with E-state index in [2.05, 4.69) is 23.7 Å². The zero-order valence-corrected chi connectivity index (χ0v) is 11.3. The van der Waals surface area contributed by atoms with Gasteiger partial charge in [-0.15, -0.1) is 0 Å². The molecular weight excluding hydrogens is 252 g/mol. The van der Waals surface area contributed by atoms with Crippen LogP contribution in [0.2, 0.25) is 5.02 Å². The summed E-state index contributed by atoms with van der Waals surface area (Å²) in [5.74, 6) is 0.279. The maximum Gasteiger partial charge on any atom is 0.337 e. The largest absolute Gasteiger partial charge is 0.478 e. The first-order chi connectivity index (χ1) is 8.50.